The fourth-order valence-electron chi connectivity index (χ4n) is 2.68. The lowest BCUT2D eigenvalue weighted by Gasteiger charge is -2.28. The molecule has 1 aliphatic heterocycles. The van der Waals surface area contributed by atoms with Crippen LogP contribution in [0.5, 0.6) is 0 Å². The van der Waals surface area contributed by atoms with E-state index in [0.29, 0.717) is 32.0 Å². The van der Waals surface area contributed by atoms with E-state index in [2.05, 4.69) is 32.0 Å². The molecule has 2 aromatic rings. The molecule has 0 unspecified atom stereocenters. The summed E-state index contributed by atoms with van der Waals surface area (Å²) >= 11 is 0. The minimum atomic E-state index is -5.26. The van der Waals surface area contributed by atoms with Crippen molar-refractivity contribution >= 4 is 23.0 Å². The van der Waals surface area contributed by atoms with Crippen LogP contribution in [0.4, 0.5) is 19.0 Å². The normalized spacial score (nSPS) is 14.7. The van der Waals surface area contributed by atoms with Crippen LogP contribution in [0.15, 0.2) is 11.1 Å². The maximum Gasteiger partial charge on any atom is 0.493 e. The summed E-state index contributed by atoms with van der Waals surface area (Å²) in [5, 5.41) is 3.17. The van der Waals surface area contributed by atoms with Gasteiger partial charge in [-0.1, -0.05) is 10.7 Å². The second-order valence-corrected chi connectivity index (χ2v) is 5.57. The number of anilines is 1. The summed E-state index contributed by atoms with van der Waals surface area (Å²) in [5.41, 5.74) is -1.08. The van der Waals surface area contributed by atoms with Gasteiger partial charge in [-0.3, -0.25) is 4.57 Å². The molecule has 0 amide bonds. The molecule has 1 N–H and O–H groups in total. The quantitative estimate of drug-likeness (QED) is 0.716. The average Bonchev–Trinajstić information content (AvgIpc) is 2.91. The number of fused-ring (bicyclic) bond motifs is 1. The Morgan fingerprint density at radius 3 is 2.67 bits per heavy atom. The topological polar surface area (TPSA) is 94.3 Å². The lowest BCUT2D eigenvalue weighted by molar-refractivity contribution is -0.199. The van der Waals surface area contributed by atoms with E-state index in [0.717, 1.165) is 10.9 Å². The summed E-state index contributed by atoms with van der Waals surface area (Å²) < 4.78 is 39.1. The van der Waals surface area contributed by atoms with Gasteiger partial charge in [-0.2, -0.15) is 13.2 Å². The molecule has 1 saturated heterocycles. The summed E-state index contributed by atoms with van der Waals surface area (Å²) in [7, 11) is 0. The van der Waals surface area contributed by atoms with Crippen molar-refractivity contribution in [3.8, 4) is 11.8 Å². The smallest absolute Gasteiger partial charge is 0.352 e. The molecule has 9 nitrogen and oxygen atoms in total. The molecule has 0 atom stereocenters. The van der Waals surface area contributed by atoms with E-state index in [4.69, 9.17) is 0 Å². The zero-order valence-corrected chi connectivity index (χ0v) is 14.2. The first-order chi connectivity index (χ1) is 12.8. The molecule has 0 aliphatic carbocycles. The van der Waals surface area contributed by atoms with Crippen molar-refractivity contribution in [1.82, 2.24) is 24.6 Å². The van der Waals surface area contributed by atoms with Crippen molar-refractivity contribution in [3.05, 3.63) is 16.8 Å². The van der Waals surface area contributed by atoms with Crippen LogP contribution in [0.3, 0.4) is 0 Å². The zero-order valence-electron chi connectivity index (χ0n) is 14.2. The van der Waals surface area contributed by atoms with Crippen LogP contribution in [0, 0.1) is 11.8 Å². The molecule has 0 bridgehead atoms. The van der Waals surface area contributed by atoms with Gasteiger partial charge >= 0.3 is 17.8 Å². The Balaban J connectivity index is 2.19. The lowest BCUT2D eigenvalue weighted by Crippen LogP contribution is -2.44. The van der Waals surface area contributed by atoms with Gasteiger partial charge in [0.05, 0.1) is 6.54 Å². The van der Waals surface area contributed by atoms with Crippen LogP contribution < -0.4 is 20.7 Å². The number of nitrogens with one attached hydrogen (secondary N) is 1. The molecule has 2 aromatic heterocycles. The van der Waals surface area contributed by atoms with Crippen molar-refractivity contribution in [2.24, 2.45) is 0 Å². The minimum absolute atomic E-state index is 0.116. The number of imidazole rings is 1. The van der Waals surface area contributed by atoms with Gasteiger partial charge in [-0.25, -0.2) is 19.6 Å². The summed E-state index contributed by atoms with van der Waals surface area (Å²) in [6.07, 6.45) is -4.15. The SMILES string of the molecule is CC#CCn1c(=O)n(OC(=O)C(F)(F)F)c2ncnc(N3CCNCC3)c21. The highest BCUT2D eigenvalue weighted by Crippen LogP contribution is 2.23. The zero-order chi connectivity index (χ0) is 19.6. The summed E-state index contributed by atoms with van der Waals surface area (Å²) in [6, 6.07) is 0. The number of halogens is 3. The van der Waals surface area contributed by atoms with Crippen molar-refractivity contribution in [2.75, 3.05) is 31.1 Å². The van der Waals surface area contributed by atoms with Crippen LogP contribution in [0.2, 0.25) is 0 Å². The van der Waals surface area contributed by atoms with E-state index in [-0.39, 0.29) is 22.4 Å². The Kier molecular flexibility index (Phi) is 5.04. The molecule has 1 aliphatic rings. The maximum atomic E-state index is 12.6. The van der Waals surface area contributed by atoms with E-state index in [1.165, 1.54) is 0 Å². The van der Waals surface area contributed by atoms with Gasteiger partial charge in [-0.15, -0.1) is 5.92 Å². The minimum Gasteiger partial charge on any atom is -0.352 e. The van der Waals surface area contributed by atoms with Gasteiger partial charge < -0.3 is 15.1 Å². The highest BCUT2D eigenvalue weighted by atomic mass is 19.4. The molecular weight excluding hydrogens is 369 g/mol. The van der Waals surface area contributed by atoms with E-state index >= 15 is 0 Å². The monoisotopic (exact) mass is 384 g/mol. The highest BCUT2D eigenvalue weighted by Gasteiger charge is 2.43. The predicted octanol–water partition coefficient (Wildman–Crippen LogP) is -0.457. The van der Waals surface area contributed by atoms with Gasteiger partial charge in [0.1, 0.15) is 11.8 Å². The predicted molar refractivity (Wildman–Crippen MR) is 88.0 cm³/mol. The van der Waals surface area contributed by atoms with Crippen molar-refractivity contribution in [3.63, 3.8) is 0 Å². The van der Waals surface area contributed by atoms with E-state index < -0.39 is 17.8 Å². The van der Waals surface area contributed by atoms with Crippen LogP contribution in [-0.4, -0.2) is 57.6 Å². The molecule has 3 heterocycles. The van der Waals surface area contributed by atoms with Crippen molar-refractivity contribution in [2.45, 2.75) is 19.6 Å². The lowest BCUT2D eigenvalue weighted by atomic mass is 10.3. The van der Waals surface area contributed by atoms with Gasteiger partial charge in [0.15, 0.2) is 5.82 Å². The third-order valence-corrected chi connectivity index (χ3v) is 3.89. The van der Waals surface area contributed by atoms with E-state index in [1.54, 1.807) is 6.92 Å². The summed E-state index contributed by atoms with van der Waals surface area (Å²) in [4.78, 5) is 38.0. The Morgan fingerprint density at radius 2 is 2.04 bits per heavy atom. The molecule has 1 fully saturated rings. The number of hydrogen-bond acceptors (Lipinski definition) is 7. The fraction of sp³-hybridized carbons (Fsp3) is 0.467. The molecule has 27 heavy (non-hydrogen) atoms. The maximum absolute atomic E-state index is 12.6. The van der Waals surface area contributed by atoms with Gasteiger partial charge in [0, 0.05) is 26.2 Å². The summed E-state index contributed by atoms with van der Waals surface area (Å²) in [5.74, 6) is 3.12. The second kappa shape index (κ2) is 7.28. The highest BCUT2D eigenvalue weighted by molar-refractivity contribution is 5.85. The molecular formula is C15H15F3N6O3. The first-order valence-corrected chi connectivity index (χ1v) is 7.95. The van der Waals surface area contributed by atoms with Gasteiger partial charge in [0.2, 0.25) is 5.65 Å². The van der Waals surface area contributed by atoms with Crippen LogP contribution in [-0.2, 0) is 11.3 Å². The second-order valence-electron chi connectivity index (χ2n) is 5.57. The Labute approximate surface area is 150 Å². The number of nitrogens with zero attached hydrogens (tertiary/aromatic N) is 5. The number of carbonyl (C=O) groups excluding carboxylic acids is 1. The van der Waals surface area contributed by atoms with E-state index in [1.807, 2.05) is 4.90 Å². The summed E-state index contributed by atoms with van der Waals surface area (Å²) in [6.45, 7) is 3.94. The molecule has 0 aromatic carbocycles. The fourth-order valence-corrected chi connectivity index (χ4v) is 2.68. The Morgan fingerprint density at radius 1 is 1.33 bits per heavy atom. The van der Waals surface area contributed by atoms with Crippen LogP contribution in [0.1, 0.15) is 6.92 Å². The Bertz CT molecular complexity index is 979. The standard InChI is InChI=1S/C15H15F3N6O3/c1-2-3-6-23-10-11(22-7-4-19-5-8-22)20-9-21-12(10)24(14(23)26)27-13(25)15(16,17)18/h9,19H,4-8H2,1H3. The largest absolute Gasteiger partial charge is 0.493 e. The van der Waals surface area contributed by atoms with E-state index in [9.17, 15) is 22.8 Å². The van der Waals surface area contributed by atoms with Gasteiger partial charge in [0.25, 0.3) is 0 Å². The number of hydrogen-bond donors (Lipinski definition) is 1. The molecule has 0 spiro atoms. The number of rotatable bonds is 3. The van der Waals surface area contributed by atoms with Crippen LogP contribution in [0.25, 0.3) is 11.2 Å². The first kappa shape index (κ1) is 18.7. The van der Waals surface area contributed by atoms with Gasteiger partial charge in [-0.05, 0) is 6.92 Å². The number of carbonyl (C=O) groups is 1. The Hall–Kier alpha value is -3.07. The molecule has 3 rings (SSSR count). The number of alkyl halides is 3. The molecule has 144 valence electrons. The molecule has 0 radical (unpaired) electrons. The van der Waals surface area contributed by atoms with Crippen LogP contribution >= 0.6 is 0 Å². The molecule has 0 saturated carbocycles. The van der Waals surface area contributed by atoms with Crippen molar-refractivity contribution < 1.29 is 22.8 Å². The number of piperazine rings is 1. The third kappa shape index (κ3) is 3.59. The third-order valence-electron chi connectivity index (χ3n) is 3.89. The first-order valence-electron chi connectivity index (χ1n) is 7.95. The average molecular weight is 384 g/mol. The number of aromatic nitrogens is 4. The molecule has 12 heteroatoms. The van der Waals surface area contributed by atoms with Crippen molar-refractivity contribution in [1.29, 1.82) is 0 Å².